The maximum atomic E-state index is 11.1. The molecule has 0 spiro atoms. The molecule has 5 heteroatoms. The Morgan fingerprint density at radius 1 is 1.56 bits per heavy atom. The van der Waals surface area contributed by atoms with Gasteiger partial charge in [0.15, 0.2) is 6.61 Å². The van der Waals surface area contributed by atoms with Crippen LogP contribution in [0.2, 0.25) is 0 Å². The third kappa shape index (κ3) is 7.26. The summed E-state index contributed by atoms with van der Waals surface area (Å²) >= 11 is 0. The number of hydrogen-bond donors (Lipinski definition) is 0. The van der Waals surface area contributed by atoms with E-state index in [1.165, 1.54) is 0 Å². The number of carbonyl (C=O) groups is 1. The Labute approximate surface area is 49.6 Å². The van der Waals surface area contributed by atoms with Gasteiger partial charge in [-0.3, -0.25) is 4.79 Å². The zero-order chi connectivity index (χ0) is 7.49. The monoisotopic (exact) mass is 141 g/mol. The van der Waals surface area contributed by atoms with Crippen molar-refractivity contribution in [3.8, 4) is 0 Å². The predicted octanol–water partition coefficient (Wildman–Crippen LogP) is 0.926. The molecule has 0 aromatic rings. The molecule has 0 saturated heterocycles. The van der Waals surface area contributed by atoms with Gasteiger partial charge in [-0.25, -0.2) is 0 Å². The normalized spacial score (nSPS) is 11.1. The third-order valence-corrected chi connectivity index (χ3v) is 0.397. The lowest BCUT2D eigenvalue weighted by atomic mass is 10.7. The van der Waals surface area contributed by atoms with Crippen LogP contribution in [-0.2, 0) is 9.53 Å². The number of alkyl halides is 3. The highest BCUT2D eigenvalue weighted by molar-refractivity contribution is 5.73. The minimum atomic E-state index is -4.45. The molecule has 0 fully saturated rings. The maximum absolute atomic E-state index is 11.1. The summed E-state index contributed by atoms with van der Waals surface area (Å²) in [5, 5.41) is 0. The highest BCUT2D eigenvalue weighted by atomic mass is 19.4. The topological polar surface area (TPSA) is 26.3 Å². The van der Waals surface area contributed by atoms with Crippen LogP contribution in [0.5, 0.6) is 0 Å². The Morgan fingerprint density at radius 2 is 2.00 bits per heavy atom. The van der Waals surface area contributed by atoms with Gasteiger partial charge in [0.25, 0.3) is 0 Å². The molecule has 0 saturated carbocycles. The molecule has 0 heterocycles. The van der Waals surface area contributed by atoms with Gasteiger partial charge in [-0.05, 0) is 0 Å². The van der Waals surface area contributed by atoms with Gasteiger partial charge in [-0.1, -0.05) is 0 Å². The zero-order valence-corrected chi connectivity index (χ0v) is 4.36. The number of ether oxygens (including phenoxy) is 1. The fourth-order valence-electron chi connectivity index (χ4n) is 0.162. The van der Waals surface area contributed by atoms with Crippen LogP contribution in [0.1, 0.15) is 0 Å². The molecule has 0 aromatic carbocycles. The van der Waals surface area contributed by atoms with Crippen molar-refractivity contribution < 1.29 is 22.7 Å². The van der Waals surface area contributed by atoms with E-state index >= 15 is 0 Å². The first-order valence-corrected chi connectivity index (χ1v) is 1.97. The summed E-state index contributed by atoms with van der Waals surface area (Å²) in [5.41, 5.74) is 0. The third-order valence-electron chi connectivity index (χ3n) is 0.397. The van der Waals surface area contributed by atoms with E-state index < -0.39 is 18.8 Å². The Bertz CT molecular complexity index is 107. The molecule has 0 aromatic heterocycles. The van der Waals surface area contributed by atoms with Gasteiger partial charge >= 0.3 is 12.1 Å². The van der Waals surface area contributed by atoms with Crippen molar-refractivity contribution in [2.75, 3.05) is 6.61 Å². The lowest BCUT2D eigenvalue weighted by Gasteiger charge is -2.04. The number of carbonyl (C=O) groups excluding carboxylic acids is 1. The van der Waals surface area contributed by atoms with Gasteiger partial charge in [0.1, 0.15) is 0 Å². The zero-order valence-electron chi connectivity index (χ0n) is 4.36. The van der Waals surface area contributed by atoms with Gasteiger partial charge < -0.3 is 4.74 Å². The van der Waals surface area contributed by atoms with E-state index in [9.17, 15) is 18.0 Å². The summed E-state index contributed by atoms with van der Waals surface area (Å²) in [6.45, 7) is 1.02. The van der Waals surface area contributed by atoms with E-state index in [1.807, 2.05) is 0 Å². The summed E-state index contributed by atoms with van der Waals surface area (Å²) in [5.74, 6) is -1.17. The summed E-state index contributed by atoms with van der Waals surface area (Å²) in [6, 6.07) is 0. The van der Waals surface area contributed by atoms with Crippen LogP contribution in [-0.4, -0.2) is 18.8 Å². The number of rotatable bonds is 1. The average Bonchev–Trinajstić information content (AvgIpc) is 1.59. The van der Waals surface area contributed by atoms with Crippen LogP contribution in [0.15, 0.2) is 0 Å². The second-order valence-corrected chi connectivity index (χ2v) is 1.28. The smallest absolute Gasteiger partial charge is 0.422 e. The Morgan fingerprint density at radius 3 is 2.11 bits per heavy atom. The predicted molar refractivity (Wildman–Crippen MR) is 22.4 cm³/mol. The molecule has 9 heavy (non-hydrogen) atoms. The van der Waals surface area contributed by atoms with Crippen LogP contribution in [0.25, 0.3) is 0 Å². The second-order valence-electron chi connectivity index (χ2n) is 1.28. The SMILES string of the molecule is [CH2]C(=O)OCC(F)(F)F. The van der Waals surface area contributed by atoms with E-state index in [0.717, 1.165) is 0 Å². The summed E-state index contributed by atoms with van der Waals surface area (Å²) in [4.78, 5) is 9.66. The van der Waals surface area contributed by atoms with Crippen molar-refractivity contribution in [3.63, 3.8) is 0 Å². The number of esters is 1. The van der Waals surface area contributed by atoms with Crippen molar-refractivity contribution in [1.29, 1.82) is 0 Å². The molecule has 0 atom stereocenters. The van der Waals surface area contributed by atoms with E-state index in [0.29, 0.717) is 0 Å². The first-order valence-electron chi connectivity index (χ1n) is 1.97. The highest BCUT2D eigenvalue weighted by Crippen LogP contribution is 2.13. The number of halogens is 3. The molecule has 0 rings (SSSR count). The number of hydrogen-bond acceptors (Lipinski definition) is 2. The van der Waals surface area contributed by atoms with Crippen LogP contribution in [0.3, 0.4) is 0 Å². The van der Waals surface area contributed by atoms with Crippen LogP contribution >= 0.6 is 0 Å². The molecule has 0 N–H and O–H groups in total. The molecule has 53 valence electrons. The molecule has 0 aliphatic carbocycles. The van der Waals surface area contributed by atoms with E-state index in [1.54, 1.807) is 0 Å². The lowest BCUT2D eigenvalue weighted by Crippen LogP contribution is -2.18. The Hall–Kier alpha value is -0.740. The molecule has 1 radical (unpaired) electrons. The van der Waals surface area contributed by atoms with Crippen molar-refractivity contribution in [2.24, 2.45) is 0 Å². The van der Waals surface area contributed by atoms with Gasteiger partial charge in [0.05, 0.1) is 6.92 Å². The average molecular weight is 141 g/mol. The molecule has 2 nitrogen and oxygen atoms in total. The quantitative estimate of drug-likeness (QED) is 0.507. The molecule has 0 aliphatic heterocycles. The minimum absolute atomic E-state index is 1.17. The van der Waals surface area contributed by atoms with Crippen molar-refractivity contribution in [1.82, 2.24) is 0 Å². The summed E-state index contributed by atoms with van der Waals surface area (Å²) in [7, 11) is 0. The highest BCUT2D eigenvalue weighted by Gasteiger charge is 2.28. The van der Waals surface area contributed by atoms with Crippen LogP contribution in [0, 0.1) is 6.92 Å². The minimum Gasteiger partial charge on any atom is -0.456 e. The van der Waals surface area contributed by atoms with Gasteiger partial charge in [-0.15, -0.1) is 0 Å². The molecule has 0 amide bonds. The molecular weight excluding hydrogens is 137 g/mol. The van der Waals surface area contributed by atoms with E-state index in [2.05, 4.69) is 11.7 Å². The van der Waals surface area contributed by atoms with Crippen LogP contribution < -0.4 is 0 Å². The second kappa shape index (κ2) is 2.70. The van der Waals surface area contributed by atoms with Gasteiger partial charge in [0.2, 0.25) is 0 Å². The lowest BCUT2D eigenvalue weighted by molar-refractivity contribution is -0.182. The Balaban J connectivity index is 3.39. The standard InChI is InChI=1S/C4H4F3O2/c1-3(8)9-2-4(5,6)7/h1-2H2. The first-order chi connectivity index (χ1) is 3.92. The fourth-order valence-corrected chi connectivity index (χ4v) is 0.162. The summed E-state index contributed by atoms with van der Waals surface area (Å²) in [6.07, 6.45) is -4.45. The van der Waals surface area contributed by atoms with E-state index in [-0.39, 0.29) is 0 Å². The van der Waals surface area contributed by atoms with Crippen molar-refractivity contribution >= 4 is 5.97 Å². The van der Waals surface area contributed by atoms with Gasteiger partial charge in [-0.2, -0.15) is 13.2 Å². The summed E-state index contributed by atoms with van der Waals surface area (Å²) < 4.78 is 36.9. The van der Waals surface area contributed by atoms with Crippen LogP contribution in [0.4, 0.5) is 13.2 Å². The van der Waals surface area contributed by atoms with Crippen molar-refractivity contribution in [3.05, 3.63) is 6.92 Å². The fraction of sp³-hybridized carbons (Fsp3) is 0.500. The largest absolute Gasteiger partial charge is 0.456 e. The molecular formula is C4H4F3O2. The maximum Gasteiger partial charge on any atom is 0.422 e. The Kier molecular flexibility index (Phi) is 2.48. The molecule has 0 aliphatic rings. The van der Waals surface area contributed by atoms with Gasteiger partial charge in [0, 0.05) is 0 Å². The molecule has 0 bridgehead atoms. The molecule has 0 unspecified atom stereocenters. The van der Waals surface area contributed by atoms with Crippen molar-refractivity contribution in [2.45, 2.75) is 6.18 Å². The van der Waals surface area contributed by atoms with E-state index in [4.69, 9.17) is 0 Å². The first kappa shape index (κ1) is 8.26.